The van der Waals surface area contributed by atoms with Crippen LogP contribution in [0.2, 0.25) is 0 Å². The lowest BCUT2D eigenvalue weighted by atomic mass is 9.84. The number of aliphatic hydroxyl groups is 1. The Morgan fingerprint density at radius 1 is 1.07 bits per heavy atom. The van der Waals surface area contributed by atoms with Crippen molar-refractivity contribution in [3.05, 3.63) is 35.4 Å². The van der Waals surface area contributed by atoms with Gasteiger partial charge in [0.25, 0.3) is 5.91 Å². The maximum absolute atomic E-state index is 13.1. The molecule has 4 rings (SSSR count). The SMILES string of the molecule is CC(=O)N1C[C@H]2CN(C(=O)C3(O)CCCCC3)C[C@H]2[C@H]1c1ccccc1C. The fourth-order valence-electron chi connectivity index (χ4n) is 5.50. The second-order valence-electron chi connectivity index (χ2n) is 8.70. The fraction of sp³-hybridized carbons (Fsp3) is 0.636. The van der Waals surface area contributed by atoms with Crippen molar-refractivity contribution in [1.29, 1.82) is 0 Å². The van der Waals surface area contributed by atoms with E-state index in [1.165, 1.54) is 11.1 Å². The lowest BCUT2D eigenvalue weighted by Crippen LogP contribution is -2.50. The van der Waals surface area contributed by atoms with Gasteiger partial charge in [-0.15, -0.1) is 0 Å². The molecule has 1 aromatic rings. The Hall–Kier alpha value is -1.88. The van der Waals surface area contributed by atoms with Crippen LogP contribution in [0.25, 0.3) is 0 Å². The van der Waals surface area contributed by atoms with Crippen LogP contribution in [0.4, 0.5) is 0 Å². The number of benzene rings is 1. The van der Waals surface area contributed by atoms with Gasteiger partial charge in [-0.1, -0.05) is 43.5 Å². The minimum atomic E-state index is -1.17. The van der Waals surface area contributed by atoms with E-state index in [4.69, 9.17) is 0 Å². The van der Waals surface area contributed by atoms with E-state index in [1.54, 1.807) is 6.92 Å². The quantitative estimate of drug-likeness (QED) is 0.871. The Kier molecular flexibility index (Phi) is 4.75. The third kappa shape index (κ3) is 3.16. The van der Waals surface area contributed by atoms with Gasteiger partial charge >= 0.3 is 0 Å². The zero-order valence-electron chi connectivity index (χ0n) is 16.4. The molecule has 2 heterocycles. The maximum Gasteiger partial charge on any atom is 0.254 e. The van der Waals surface area contributed by atoms with Crippen LogP contribution < -0.4 is 0 Å². The first-order valence-electron chi connectivity index (χ1n) is 10.3. The van der Waals surface area contributed by atoms with Gasteiger partial charge in [-0.3, -0.25) is 9.59 Å². The first kappa shape index (κ1) is 18.5. The van der Waals surface area contributed by atoms with E-state index in [0.717, 1.165) is 19.3 Å². The highest BCUT2D eigenvalue weighted by atomic mass is 16.3. The highest BCUT2D eigenvalue weighted by Gasteiger charge is 2.52. The summed E-state index contributed by atoms with van der Waals surface area (Å²) in [5.74, 6) is 0.539. The summed E-state index contributed by atoms with van der Waals surface area (Å²) in [7, 11) is 0. The van der Waals surface area contributed by atoms with Crippen molar-refractivity contribution >= 4 is 11.8 Å². The minimum absolute atomic E-state index is 0.0208. The molecule has 1 saturated carbocycles. The Labute approximate surface area is 161 Å². The molecule has 5 heteroatoms. The summed E-state index contributed by atoms with van der Waals surface area (Å²) in [6.45, 7) is 5.71. The van der Waals surface area contributed by atoms with E-state index in [2.05, 4.69) is 19.1 Å². The van der Waals surface area contributed by atoms with E-state index in [-0.39, 0.29) is 29.7 Å². The van der Waals surface area contributed by atoms with E-state index in [1.807, 2.05) is 21.9 Å². The molecule has 2 aliphatic heterocycles. The van der Waals surface area contributed by atoms with Crippen LogP contribution in [0.1, 0.15) is 56.2 Å². The van der Waals surface area contributed by atoms with Crippen LogP contribution >= 0.6 is 0 Å². The molecule has 0 aromatic heterocycles. The third-order valence-electron chi connectivity index (χ3n) is 6.94. The predicted octanol–water partition coefficient (Wildman–Crippen LogP) is 2.67. The molecule has 0 radical (unpaired) electrons. The molecule has 0 spiro atoms. The number of likely N-dealkylation sites (tertiary alicyclic amines) is 2. The van der Waals surface area contributed by atoms with E-state index < -0.39 is 5.60 Å². The van der Waals surface area contributed by atoms with Crippen LogP contribution in [0.3, 0.4) is 0 Å². The molecule has 1 aliphatic carbocycles. The second kappa shape index (κ2) is 6.93. The topological polar surface area (TPSA) is 60.9 Å². The summed E-state index contributed by atoms with van der Waals surface area (Å²) in [6.07, 6.45) is 4.11. The van der Waals surface area contributed by atoms with Gasteiger partial charge in [-0.25, -0.2) is 0 Å². The van der Waals surface area contributed by atoms with Gasteiger partial charge < -0.3 is 14.9 Å². The van der Waals surface area contributed by atoms with Crippen molar-refractivity contribution in [2.45, 2.75) is 57.6 Å². The van der Waals surface area contributed by atoms with Crippen LogP contribution in [-0.4, -0.2) is 52.0 Å². The minimum Gasteiger partial charge on any atom is -0.380 e. The Morgan fingerprint density at radius 2 is 1.78 bits per heavy atom. The molecule has 27 heavy (non-hydrogen) atoms. The summed E-state index contributed by atoms with van der Waals surface area (Å²) < 4.78 is 0. The summed E-state index contributed by atoms with van der Waals surface area (Å²) in [4.78, 5) is 29.2. The molecule has 146 valence electrons. The number of amides is 2. The molecule has 2 amide bonds. The molecular formula is C22H30N2O3. The molecule has 3 fully saturated rings. The van der Waals surface area contributed by atoms with Gasteiger partial charge in [0.05, 0.1) is 6.04 Å². The van der Waals surface area contributed by atoms with Crippen molar-refractivity contribution in [2.75, 3.05) is 19.6 Å². The number of fused-ring (bicyclic) bond motifs is 1. The lowest BCUT2D eigenvalue weighted by molar-refractivity contribution is -0.154. The van der Waals surface area contributed by atoms with Gasteiger partial charge in [0.2, 0.25) is 5.91 Å². The predicted molar refractivity (Wildman–Crippen MR) is 103 cm³/mol. The first-order chi connectivity index (χ1) is 12.9. The van der Waals surface area contributed by atoms with E-state index in [0.29, 0.717) is 32.5 Å². The number of carbonyl (C=O) groups is 2. The summed E-state index contributed by atoms with van der Waals surface area (Å²) in [5, 5.41) is 10.9. The normalized spacial score (nSPS) is 29.7. The number of hydrogen-bond donors (Lipinski definition) is 1. The monoisotopic (exact) mass is 370 g/mol. The maximum atomic E-state index is 13.1. The Balaban J connectivity index is 1.58. The van der Waals surface area contributed by atoms with Crippen LogP contribution in [0, 0.1) is 18.8 Å². The number of aryl methyl sites for hydroxylation is 1. The molecule has 3 atom stereocenters. The van der Waals surface area contributed by atoms with Gasteiger partial charge in [0.15, 0.2) is 0 Å². The smallest absolute Gasteiger partial charge is 0.254 e. The largest absolute Gasteiger partial charge is 0.380 e. The van der Waals surface area contributed by atoms with Crippen molar-refractivity contribution in [2.24, 2.45) is 11.8 Å². The molecule has 0 bridgehead atoms. The molecule has 0 unspecified atom stereocenters. The average Bonchev–Trinajstić information content (AvgIpc) is 3.20. The summed E-state index contributed by atoms with van der Waals surface area (Å²) in [5.41, 5.74) is 1.20. The molecule has 5 nitrogen and oxygen atoms in total. The Morgan fingerprint density at radius 3 is 2.44 bits per heavy atom. The standard InChI is InChI=1S/C22H30N2O3/c1-15-8-4-5-9-18(15)20-19-14-23(12-17(19)13-24(20)16(2)25)21(26)22(27)10-6-3-7-11-22/h4-5,8-9,17,19-20,27H,3,6-7,10-14H2,1-2H3/t17-,19-,20-/m1/s1. The van der Waals surface area contributed by atoms with Crippen molar-refractivity contribution in [3.63, 3.8) is 0 Å². The highest BCUT2D eigenvalue weighted by Crippen LogP contribution is 2.46. The Bertz CT molecular complexity index is 741. The zero-order chi connectivity index (χ0) is 19.2. The van der Waals surface area contributed by atoms with Crippen LogP contribution in [-0.2, 0) is 9.59 Å². The first-order valence-corrected chi connectivity index (χ1v) is 10.3. The molecule has 2 saturated heterocycles. The van der Waals surface area contributed by atoms with E-state index in [9.17, 15) is 14.7 Å². The second-order valence-corrected chi connectivity index (χ2v) is 8.70. The summed E-state index contributed by atoms with van der Waals surface area (Å²) >= 11 is 0. The molecular weight excluding hydrogens is 340 g/mol. The van der Waals surface area contributed by atoms with Gasteiger partial charge in [0, 0.05) is 38.4 Å². The van der Waals surface area contributed by atoms with E-state index >= 15 is 0 Å². The zero-order valence-corrected chi connectivity index (χ0v) is 16.4. The lowest BCUT2D eigenvalue weighted by Gasteiger charge is -2.35. The van der Waals surface area contributed by atoms with Gasteiger partial charge in [-0.2, -0.15) is 0 Å². The highest BCUT2D eigenvalue weighted by molar-refractivity contribution is 5.85. The molecule has 1 aromatic carbocycles. The molecule has 1 N–H and O–H groups in total. The van der Waals surface area contributed by atoms with Crippen molar-refractivity contribution in [1.82, 2.24) is 9.80 Å². The summed E-state index contributed by atoms with van der Waals surface area (Å²) in [6, 6.07) is 8.26. The number of carbonyl (C=O) groups excluding carboxylic acids is 2. The average molecular weight is 370 g/mol. The van der Waals surface area contributed by atoms with Crippen molar-refractivity contribution < 1.29 is 14.7 Å². The van der Waals surface area contributed by atoms with Gasteiger partial charge in [-0.05, 0) is 30.9 Å². The fourth-order valence-corrected chi connectivity index (χ4v) is 5.50. The molecule has 3 aliphatic rings. The third-order valence-corrected chi connectivity index (χ3v) is 6.94. The van der Waals surface area contributed by atoms with Gasteiger partial charge in [0.1, 0.15) is 5.60 Å². The van der Waals surface area contributed by atoms with Crippen LogP contribution in [0.5, 0.6) is 0 Å². The number of hydrogen-bond acceptors (Lipinski definition) is 3. The van der Waals surface area contributed by atoms with Crippen LogP contribution in [0.15, 0.2) is 24.3 Å². The number of rotatable bonds is 2. The number of nitrogens with zero attached hydrogens (tertiary/aromatic N) is 2. The van der Waals surface area contributed by atoms with Crippen molar-refractivity contribution in [3.8, 4) is 0 Å².